The van der Waals surface area contributed by atoms with Gasteiger partial charge in [0.2, 0.25) is 0 Å². The lowest BCUT2D eigenvalue weighted by atomic mass is 10.1. The molecule has 0 aliphatic heterocycles. The molecule has 4 nitrogen and oxygen atoms in total. The Morgan fingerprint density at radius 2 is 2.00 bits per heavy atom. The number of rotatable bonds is 4. The van der Waals surface area contributed by atoms with Crippen molar-refractivity contribution in [1.29, 1.82) is 0 Å². The van der Waals surface area contributed by atoms with Crippen LogP contribution < -0.4 is 5.32 Å². The Bertz CT molecular complexity index is 220. The van der Waals surface area contributed by atoms with Crippen LogP contribution >= 0.6 is 0 Å². The van der Waals surface area contributed by atoms with Crippen molar-refractivity contribution in [3.8, 4) is 0 Å². The SMILES string of the molecule is CC(=O)C1(NC(C)C(=O)O)CC1. The summed E-state index contributed by atoms with van der Waals surface area (Å²) in [7, 11) is 0. The molecule has 0 amide bonds. The van der Waals surface area contributed by atoms with Crippen LogP contribution in [0, 0.1) is 0 Å². The van der Waals surface area contributed by atoms with E-state index in [1.54, 1.807) is 6.92 Å². The van der Waals surface area contributed by atoms with Crippen LogP contribution in [-0.2, 0) is 9.59 Å². The number of carbonyl (C=O) groups excluding carboxylic acids is 1. The minimum Gasteiger partial charge on any atom is -0.480 e. The van der Waals surface area contributed by atoms with Crippen molar-refractivity contribution in [3.63, 3.8) is 0 Å². The summed E-state index contributed by atoms with van der Waals surface area (Å²) < 4.78 is 0. The van der Waals surface area contributed by atoms with E-state index in [0.29, 0.717) is 0 Å². The second-order valence-corrected chi connectivity index (χ2v) is 3.34. The van der Waals surface area contributed by atoms with Gasteiger partial charge < -0.3 is 5.11 Å². The smallest absolute Gasteiger partial charge is 0.320 e. The average Bonchev–Trinajstić information content (AvgIpc) is 2.68. The van der Waals surface area contributed by atoms with Gasteiger partial charge in [-0.1, -0.05) is 0 Å². The van der Waals surface area contributed by atoms with Gasteiger partial charge in [-0.3, -0.25) is 14.9 Å². The minimum atomic E-state index is -0.914. The third-order valence-corrected chi connectivity index (χ3v) is 2.29. The van der Waals surface area contributed by atoms with Crippen LogP contribution in [0.5, 0.6) is 0 Å². The zero-order valence-corrected chi connectivity index (χ0v) is 7.26. The Labute approximate surface area is 71.0 Å². The normalized spacial score (nSPS) is 21.5. The van der Waals surface area contributed by atoms with Gasteiger partial charge in [0.25, 0.3) is 0 Å². The van der Waals surface area contributed by atoms with E-state index in [1.165, 1.54) is 6.92 Å². The molecule has 1 unspecified atom stereocenters. The first-order valence-electron chi connectivity index (χ1n) is 3.99. The first kappa shape index (κ1) is 9.19. The van der Waals surface area contributed by atoms with E-state index < -0.39 is 17.6 Å². The molecule has 1 rings (SSSR count). The average molecular weight is 171 g/mol. The maximum absolute atomic E-state index is 11.0. The molecule has 0 aromatic rings. The number of Topliss-reactive ketones (excluding diaryl/α,β-unsaturated/α-hetero) is 1. The highest BCUT2D eigenvalue weighted by atomic mass is 16.4. The second kappa shape index (κ2) is 2.86. The second-order valence-electron chi connectivity index (χ2n) is 3.34. The molecule has 0 spiro atoms. The molecule has 0 bridgehead atoms. The molecule has 0 aromatic carbocycles. The Balaban J connectivity index is 2.51. The van der Waals surface area contributed by atoms with Crippen molar-refractivity contribution in [2.45, 2.75) is 38.3 Å². The molecule has 4 heteroatoms. The number of carbonyl (C=O) groups is 2. The highest BCUT2D eigenvalue weighted by molar-refractivity contribution is 5.90. The maximum Gasteiger partial charge on any atom is 0.320 e. The molecule has 1 aliphatic rings. The topological polar surface area (TPSA) is 66.4 Å². The number of carboxylic acids is 1. The molecule has 0 radical (unpaired) electrons. The molecular weight excluding hydrogens is 158 g/mol. The number of hydrogen-bond acceptors (Lipinski definition) is 3. The third kappa shape index (κ3) is 1.64. The van der Waals surface area contributed by atoms with Crippen LogP contribution in [0.4, 0.5) is 0 Å². The van der Waals surface area contributed by atoms with E-state index in [9.17, 15) is 9.59 Å². The van der Waals surface area contributed by atoms with Gasteiger partial charge in [0, 0.05) is 0 Å². The van der Waals surface area contributed by atoms with Gasteiger partial charge in [-0.2, -0.15) is 0 Å². The summed E-state index contributed by atoms with van der Waals surface area (Å²) >= 11 is 0. The molecule has 12 heavy (non-hydrogen) atoms. The zero-order valence-electron chi connectivity index (χ0n) is 7.26. The highest BCUT2D eigenvalue weighted by Gasteiger charge is 2.48. The molecular formula is C8H13NO3. The lowest BCUT2D eigenvalue weighted by molar-refractivity contribution is -0.139. The van der Waals surface area contributed by atoms with Crippen molar-refractivity contribution in [2.75, 3.05) is 0 Å². The fourth-order valence-corrected chi connectivity index (χ4v) is 1.20. The summed E-state index contributed by atoms with van der Waals surface area (Å²) in [5.74, 6) is -0.877. The first-order valence-corrected chi connectivity index (χ1v) is 3.99. The number of carboxylic acid groups (broad SMARTS) is 1. The van der Waals surface area contributed by atoms with E-state index in [-0.39, 0.29) is 5.78 Å². The number of ketones is 1. The minimum absolute atomic E-state index is 0.0376. The zero-order chi connectivity index (χ0) is 9.35. The molecule has 0 heterocycles. The Kier molecular flexibility index (Phi) is 2.19. The van der Waals surface area contributed by atoms with Gasteiger partial charge in [-0.05, 0) is 26.7 Å². The molecule has 1 aliphatic carbocycles. The Morgan fingerprint density at radius 3 is 2.25 bits per heavy atom. The molecule has 1 atom stereocenters. The van der Waals surface area contributed by atoms with Crippen LogP contribution in [-0.4, -0.2) is 28.4 Å². The van der Waals surface area contributed by atoms with Crippen LogP contribution in [0.1, 0.15) is 26.7 Å². The molecule has 68 valence electrons. The standard InChI is InChI=1S/C8H13NO3/c1-5(7(11)12)9-8(3-4-8)6(2)10/h5,9H,3-4H2,1-2H3,(H,11,12). The van der Waals surface area contributed by atoms with Crippen molar-refractivity contribution in [1.82, 2.24) is 5.32 Å². The monoisotopic (exact) mass is 171 g/mol. The van der Waals surface area contributed by atoms with Crippen LogP contribution in [0.3, 0.4) is 0 Å². The van der Waals surface area contributed by atoms with Crippen molar-refractivity contribution in [2.24, 2.45) is 0 Å². The van der Waals surface area contributed by atoms with Crippen LogP contribution in [0.25, 0.3) is 0 Å². The molecule has 1 fully saturated rings. The van der Waals surface area contributed by atoms with E-state index in [4.69, 9.17) is 5.11 Å². The quantitative estimate of drug-likeness (QED) is 0.632. The summed E-state index contributed by atoms with van der Waals surface area (Å²) in [5, 5.41) is 11.4. The summed E-state index contributed by atoms with van der Waals surface area (Å²) in [6.07, 6.45) is 1.53. The van der Waals surface area contributed by atoms with E-state index in [2.05, 4.69) is 5.32 Å². The lowest BCUT2D eigenvalue weighted by Gasteiger charge is -2.16. The van der Waals surface area contributed by atoms with E-state index >= 15 is 0 Å². The van der Waals surface area contributed by atoms with Gasteiger partial charge in [-0.15, -0.1) is 0 Å². The highest BCUT2D eigenvalue weighted by Crippen LogP contribution is 2.36. The van der Waals surface area contributed by atoms with Gasteiger partial charge >= 0.3 is 5.97 Å². The predicted molar refractivity (Wildman–Crippen MR) is 42.9 cm³/mol. The van der Waals surface area contributed by atoms with Crippen molar-refractivity contribution in [3.05, 3.63) is 0 Å². The number of hydrogen-bond donors (Lipinski definition) is 2. The number of aliphatic carboxylic acids is 1. The fraction of sp³-hybridized carbons (Fsp3) is 0.750. The molecule has 0 saturated heterocycles. The van der Waals surface area contributed by atoms with Crippen molar-refractivity contribution < 1.29 is 14.7 Å². The molecule has 1 saturated carbocycles. The summed E-state index contributed by atoms with van der Waals surface area (Å²) in [5.41, 5.74) is -0.516. The Morgan fingerprint density at radius 1 is 1.50 bits per heavy atom. The van der Waals surface area contributed by atoms with E-state index in [0.717, 1.165) is 12.8 Å². The number of nitrogens with one attached hydrogen (secondary N) is 1. The summed E-state index contributed by atoms with van der Waals surface area (Å²) in [6, 6.07) is -0.642. The summed E-state index contributed by atoms with van der Waals surface area (Å²) in [6.45, 7) is 3.04. The van der Waals surface area contributed by atoms with E-state index in [1.807, 2.05) is 0 Å². The van der Waals surface area contributed by atoms with Crippen molar-refractivity contribution >= 4 is 11.8 Å². The van der Waals surface area contributed by atoms with Crippen LogP contribution in [0.2, 0.25) is 0 Å². The largest absolute Gasteiger partial charge is 0.480 e. The van der Waals surface area contributed by atoms with Gasteiger partial charge in [0.1, 0.15) is 11.8 Å². The maximum atomic E-state index is 11.0. The molecule has 2 N–H and O–H groups in total. The molecule has 0 aromatic heterocycles. The first-order chi connectivity index (χ1) is 5.48. The van der Waals surface area contributed by atoms with Gasteiger partial charge in [0.05, 0.1) is 5.54 Å². The third-order valence-electron chi connectivity index (χ3n) is 2.29. The van der Waals surface area contributed by atoms with Crippen LogP contribution in [0.15, 0.2) is 0 Å². The van der Waals surface area contributed by atoms with Gasteiger partial charge in [0.15, 0.2) is 0 Å². The summed E-state index contributed by atoms with van der Waals surface area (Å²) in [4.78, 5) is 21.5. The van der Waals surface area contributed by atoms with Gasteiger partial charge in [-0.25, -0.2) is 0 Å². The predicted octanol–water partition coefficient (Wildman–Crippen LogP) is 0.171. The Hall–Kier alpha value is -0.900. The lowest BCUT2D eigenvalue weighted by Crippen LogP contribution is -2.46. The fourth-order valence-electron chi connectivity index (χ4n) is 1.20.